The van der Waals surface area contributed by atoms with E-state index < -0.39 is 85.2 Å². The maximum absolute atomic E-state index is 12.4. The molecule has 55 heavy (non-hydrogen) atoms. The van der Waals surface area contributed by atoms with Gasteiger partial charge in [0.2, 0.25) is 0 Å². The van der Waals surface area contributed by atoms with Crippen LogP contribution >= 0.6 is 0 Å². The summed E-state index contributed by atoms with van der Waals surface area (Å²) in [5.41, 5.74) is 1.48. The van der Waals surface area contributed by atoms with E-state index in [-0.39, 0.29) is 36.4 Å². The average molecular weight is 775 g/mol. The van der Waals surface area contributed by atoms with Gasteiger partial charge in [0.05, 0.1) is 33.5 Å². The molecule has 0 saturated carbocycles. The molecule has 8 atom stereocenters. The summed E-state index contributed by atoms with van der Waals surface area (Å²) in [6.07, 6.45) is -7.03. The summed E-state index contributed by atoms with van der Waals surface area (Å²) in [5, 5.41) is 0. The highest BCUT2D eigenvalue weighted by Crippen LogP contribution is 2.44. The summed E-state index contributed by atoms with van der Waals surface area (Å²) in [5.74, 6) is -3.61. The molecule has 17 heteroatoms. The number of ether oxygens (including phenoxy) is 11. The van der Waals surface area contributed by atoms with Crippen LogP contribution in [-0.2, 0) is 68.3 Å². The zero-order valence-corrected chi connectivity index (χ0v) is 31.9. The van der Waals surface area contributed by atoms with Crippen LogP contribution in [0.1, 0.15) is 58.8 Å². The van der Waals surface area contributed by atoms with Gasteiger partial charge in [-0.2, -0.15) is 0 Å². The number of carbonyl (C=O) groups is 6. The Morgan fingerprint density at radius 1 is 0.636 bits per heavy atom. The van der Waals surface area contributed by atoms with E-state index in [1.54, 1.807) is 36.4 Å². The molecule has 2 heterocycles. The SMILES string of the molecule is COc1cc(C[C@H]2CO[C@H](c3ccc(OC(C)=O)c(OC)c3)[C@H]2CO[C@@H]2O[C@H](COC(C)=O)[C@@H](OC(C)=O)[C@H](OC(C)=O)[C@H]2OC(C)=O)ccc1OC(C)=O. The number of methoxy groups -OCH3 is 2. The molecule has 2 aliphatic heterocycles. The first-order chi connectivity index (χ1) is 26.1. The van der Waals surface area contributed by atoms with E-state index in [1.165, 1.54) is 35.0 Å². The molecule has 2 aromatic carbocycles. The lowest BCUT2D eigenvalue weighted by Gasteiger charge is -2.44. The fourth-order valence-corrected chi connectivity index (χ4v) is 6.51. The van der Waals surface area contributed by atoms with E-state index in [1.807, 2.05) is 0 Å². The van der Waals surface area contributed by atoms with Crippen LogP contribution in [0.4, 0.5) is 0 Å². The van der Waals surface area contributed by atoms with E-state index in [9.17, 15) is 28.8 Å². The molecule has 0 aromatic heterocycles. The lowest BCUT2D eigenvalue weighted by molar-refractivity contribution is -0.310. The second-order valence-corrected chi connectivity index (χ2v) is 12.9. The molecule has 2 aliphatic rings. The number of hydrogen-bond donors (Lipinski definition) is 0. The third-order valence-corrected chi connectivity index (χ3v) is 8.63. The fourth-order valence-electron chi connectivity index (χ4n) is 6.51. The minimum Gasteiger partial charge on any atom is -0.493 e. The zero-order valence-electron chi connectivity index (χ0n) is 31.9. The van der Waals surface area contributed by atoms with Crippen LogP contribution in [0, 0.1) is 11.8 Å². The minimum atomic E-state index is -1.43. The number of esters is 6. The maximum atomic E-state index is 12.4. The molecule has 0 amide bonds. The monoisotopic (exact) mass is 774 g/mol. The van der Waals surface area contributed by atoms with Crippen LogP contribution in [0.15, 0.2) is 36.4 Å². The van der Waals surface area contributed by atoms with Crippen LogP contribution in [0.5, 0.6) is 23.0 Å². The first-order valence-electron chi connectivity index (χ1n) is 17.3. The number of carbonyl (C=O) groups excluding carboxylic acids is 6. The van der Waals surface area contributed by atoms with Crippen molar-refractivity contribution in [1.29, 1.82) is 0 Å². The van der Waals surface area contributed by atoms with Crippen LogP contribution in [0.25, 0.3) is 0 Å². The molecule has 4 rings (SSSR count). The first-order valence-corrected chi connectivity index (χ1v) is 17.3. The van der Waals surface area contributed by atoms with Gasteiger partial charge in [-0.15, -0.1) is 0 Å². The lowest BCUT2D eigenvalue weighted by Crippen LogP contribution is -2.63. The Bertz CT molecular complexity index is 1720. The predicted molar refractivity (Wildman–Crippen MR) is 186 cm³/mol. The molecule has 0 bridgehead atoms. The second kappa shape index (κ2) is 19.4. The molecule has 0 aliphatic carbocycles. The van der Waals surface area contributed by atoms with Gasteiger partial charge in [-0.3, -0.25) is 28.8 Å². The van der Waals surface area contributed by atoms with Crippen molar-refractivity contribution in [3.05, 3.63) is 47.5 Å². The highest BCUT2D eigenvalue weighted by molar-refractivity contribution is 5.71. The molecule has 2 fully saturated rings. The van der Waals surface area contributed by atoms with Crippen molar-refractivity contribution in [2.24, 2.45) is 11.8 Å². The standard InChI is InChI=1S/C38H46O17/c1-19(39)47-18-33-35(52-22(4)42)36(53-23(5)43)37(54-24(6)44)38(55-33)49-17-28-27(13-25-9-11-29(50-20(2)40)31(14-25)45-7)16-48-34(28)26-10-12-30(51-21(3)41)32(15-26)46-8/h9-12,14-15,27-28,33-38H,13,16-18H2,1-8H3/t27-,28-,33+,34+,35+,36-,37+,38+/m0/s1. The van der Waals surface area contributed by atoms with E-state index >= 15 is 0 Å². The molecule has 17 nitrogen and oxygen atoms in total. The van der Waals surface area contributed by atoms with Gasteiger partial charge in [-0.05, 0) is 47.7 Å². The normalized spacial score (nSPS) is 24.5. The largest absolute Gasteiger partial charge is 0.493 e. The number of hydrogen-bond acceptors (Lipinski definition) is 17. The van der Waals surface area contributed by atoms with Crippen molar-refractivity contribution < 1.29 is 80.9 Å². The van der Waals surface area contributed by atoms with E-state index in [2.05, 4.69) is 0 Å². The third kappa shape index (κ3) is 11.6. The molecule has 300 valence electrons. The van der Waals surface area contributed by atoms with Crippen LogP contribution in [-0.4, -0.2) is 101 Å². The maximum Gasteiger partial charge on any atom is 0.308 e. The lowest BCUT2D eigenvalue weighted by atomic mass is 9.84. The summed E-state index contributed by atoms with van der Waals surface area (Å²) in [6, 6.07) is 10.2. The van der Waals surface area contributed by atoms with Gasteiger partial charge in [0, 0.05) is 47.5 Å². The zero-order chi connectivity index (χ0) is 40.4. The van der Waals surface area contributed by atoms with E-state index in [0.29, 0.717) is 17.7 Å². The molecule has 0 unspecified atom stereocenters. The highest BCUT2D eigenvalue weighted by atomic mass is 16.7. The van der Waals surface area contributed by atoms with Gasteiger partial charge >= 0.3 is 35.8 Å². The fraction of sp³-hybridized carbons (Fsp3) is 0.526. The Kier molecular flexibility index (Phi) is 15.0. The van der Waals surface area contributed by atoms with Gasteiger partial charge in [-0.1, -0.05) is 12.1 Å². The summed E-state index contributed by atoms with van der Waals surface area (Å²) < 4.78 is 62.3. The molecule has 0 radical (unpaired) electrons. The van der Waals surface area contributed by atoms with Gasteiger partial charge < -0.3 is 52.1 Å². The molecule has 2 saturated heterocycles. The minimum absolute atomic E-state index is 0.0975. The Labute approximate surface area is 317 Å². The summed E-state index contributed by atoms with van der Waals surface area (Å²) >= 11 is 0. The van der Waals surface area contributed by atoms with Gasteiger partial charge in [0.1, 0.15) is 12.7 Å². The molecule has 0 spiro atoms. The Balaban J connectivity index is 1.72. The molecule has 2 aromatic rings. The quantitative estimate of drug-likeness (QED) is 0.145. The molecular formula is C38H46O17. The van der Waals surface area contributed by atoms with Crippen molar-refractivity contribution in [3.8, 4) is 23.0 Å². The third-order valence-electron chi connectivity index (χ3n) is 8.63. The molecular weight excluding hydrogens is 728 g/mol. The highest BCUT2D eigenvalue weighted by Gasteiger charge is 2.53. The first kappa shape index (κ1) is 42.5. The summed E-state index contributed by atoms with van der Waals surface area (Å²) in [7, 11) is 2.89. The summed E-state index contributed by atoms with van der Waals surface area (Å²) in [6.45, 7) is 6.86. The number of rotatable bonds is 15. The van der Waals surface area contributed by atoms with E-state index in [4.69, 9.17) is 52.1 Å². The predicted octanol–water partition coefficient (Wildman–Crippen LogP) is 3.20. The topological polar surface area (TPSA) is 204 Å². The van der Waals surface area contributed by atoms with Crippen LogP contribution in [0.2, 0.25) is 0 Å². The average Bonchev–Trinajstić information content (AvgIpc) is 3.50. The van der Waals surface area contributed by atoms with Crippen molar-refractivity contribution in [2.45, 2.75) is 84.8 Å². The Morgan fingerprint density at radius 3 is 1.76 bits per heavy atom. The van der Waals surface area contributed by atoms with E-state index in [0.717, 1.165) is 26.3 Å². The van der Waals surface area contributed by atoms with Crippen molar-refractivity contribution >= 4 is 35.8 Å². The van der Waals surface area contributed by atoms with Gasteiger partial charge in [-0.25, -0.2) is 0 Å². The smallest absolute Gasteiger partial charge is 0.308 e. The second-order valence-electron chi connectivity index (χ2n) is 12.9. The van der Waals surface area contributed by atoms with Crippen molar-refractivity contribution in [2.75, 3.05) is 34.0 Å². The number of benzene rings is 2. The Morgan fingerprint density at radius 2 is 1.20 bits per heavy atom. The van der Waals surface area contributed by atoms with Gasteiger partial charge in [0.25, 0.3) is 0 Å². The van der Waals surface area contributed by atoms with Crippen molar-refractivity contribution in [3.63, 3.8) is 0 Å². The van der Waals surface area contributed by atoms with Crippen LogP contribution < -0.4 is 18.9 Å². The van der Waals surface area contributed by atoms with Gasteiger partial charge in [0.15, 0.2) is 47.6 Å². The van der Waals surface area contributed by atoms with Crippen LogP contribution in [0.3, 0.4) is 0 Å². The summed E-state index contributed by atoms with van der Waals surface area (Å²) in [4.78, 5) is 72.1. The molecule has 0 N–H and O–H groups in total. The van der Waals surface area contributed by atoms with Crippen molar-refractivity contribution in [1.82, 2.24) is 0 Å². The Hall–Kier alpha value is -5.26.